The van der Waals surface area contributed by atoms with Crippen molar-refractivity contribution >= 4 is 5.97 Å². The lowest BCUT2D eigenvalue weighted by atomic mass is 9.72. The Bertz CT molecular complexity index is 692. The molecule has 3 nitrogen and oxygen atoms in total. The fourth-order valence-electron chi connectivity index (χ4n) is 3.72. The van der Waals surface area contributed by atoms with E-state index in [1.165, 1.54) is 36.0 Å². The van der Waals surface area contributed by atoms with Gasteiger partial charge in [-0.2, -0.15) is 0 Å². The standard InChI is InChI=1S/C26H41NO2.HI/c1-8-27(9-2)18-19-29-25(28)20-22(4)13-10-12-21(3)15-16-24-23(5)14-11-17-26(24,6)7;/h10,12-13,15-16,20H,8-9,11,14,17-19H2,1-7H3;1H/p-1/b13-10+,16-15+,21-12-,22-20-;. The third-order valence-corrected chi connectivity index (χ3v) is 5.67. The quantitative estimate of drug-likeness (QED) is 0.189. The smallest absolute Gasteiger partial charge is 0.331 e. The van der Waals surface area contributed by atoms with Crippen molar-refractivity contribution in [3.8, 4) is 0 Å². The van der Waals surface area contributed by atoms with E-state index >= 15 is 0 Å². The van der Waals surface area contributed by atoms with Gasteiger partial charge in [-0.05, 0) is 69.7 Å². The Morgan fingerprint density at radius 1 is 1.13 bits per heavy atom. The Labute approximate surface area is 202 Å². The summed E-state index contributed by atoms with van der Waals surface area (Å²) in [6.07, 6.45) is 15.8. The van der Waals surface area contributed by atoms with Crippen LogP contribution in [0.3, 0.4) is 0 Å². The van der Waals surface area contributed by atoms with Gasteiger partial charge in [0.1, 0.15) is 6.61 Å². The predicted molar refractivity (Wildman–Crippen MR) is 125 cm³/mol. The lowest BCUT2D eigenvalue weighted by Gasteiger charge is -2.32. The topological polar surface area (TPSA) is 29.5 Å². The first-order valence-electron chi connectivity index (χ1n) is 11.0. The highest BCUT2D eigenvalue weighted by atomic mass is 127. The van der Waals surface area contributed by atoms with Gasteiger partial charge in [0.05, 0.1) is 0 Å². The van der Waals surface area contributed by atoms with E-state index in [9.17, 15) is 4.79 Å². The molecule has 0 atom stereocenters. The van der Waals surface area contributed by atoms with Crippen LogP contribution in [0, 0.1) is 5.41 Å². The number of esters is 1. The van der Waals surface area contributed by atoms with Gasteiger partial charge in [-0.25, -0.2) is 4.79 Å². The molecule has 0 saturated carbocycles. The van der Waals surface area contributed by atoms with Crippen molar-refractivity contribution in [2.75, 3.05) is 26.2 Å². The van der Waals surface area contributed by atoms with Crippen LogP contribution in [0.2, 0.25) is 0 Å². The number of likely N-dealkylation sites (N-methyl/N-ethyl adjacent to an activating group) is 1. The Morgan fingerprint density at radius 2 is 1.80 bits per heavy atom. The van der Waals surface area contributed by atoms with E-state index in [1.807, 2.05) is 19.1 Å². The molecule has 0 radical (unpaired) electrons. The Kier molecular flexibility index (Phi) is 14.2. The number of hydrogen-bond donors (Lipinski definition) is 0. The number of rotatable bonds is 10. The van der Waals surface area contributed by atoms with Crippen LogP contribution in [-0.4, -0.2) is 37.1 Å². The number of carbonyl (C=O) groups excluding carboxylic acids is 1. The van der Waals surface area contributed by atoms with Gasteiger partial charge < -0.3 is 33.6 Å². The molecule has 0 aromatic rings. The minimum absolute atomic E-state index is 0. The average molecular weight is 527 g/mol. The molecule has 0 amide bonds. The van der Waals surface area contributed by atoms with Gasteiger partial charge in [0.25, 0.3) is 0 Å². The Morgan fingerprint density at radius 3 is 2.40 bits per heavy atom. The zero-order valence-electron chi connectivity index (χ0n) is 20.1. The molecule has 0 heterocycles. The van der Waals surface area contributed by atoms with Crippen LogP contribution in [0.4, 0.5) is 0 Å². The van der Waals surface area contributed by atoms with E-state index < -0.39 is 0 Å². The molecule has 170 valence electrons. The normalized spacial score (nSPS) is 17.7. The second-order valence-electron chi connectivity index (χ2n) is 8.62. The van der Waals surface area contributed by atoms with Crippen LogP contribution in [-0.2, 0) is 9.53 Å². The SMILES string of the molecule is CCN(CC)CCOC(=O)\C=C(C)/C=C/C=C(C)\C=C\C1=C(C)CCCC1(C)C.[I-]. The van der Waals surface area contributed by atoms with Crippen LogP contribution in [0.1, 0.15) is 67.7 Å². The minimum Gasteiger partial charge on any atom is -1.00 e. The molecule has 0 saturated heterocycles. The molecule has 0 bridgehead atoms. The number of ether oxygens (including phenoxy) is 1. The van der Waals surface area contributed by atoms with E-state index in [0.29, 0.717) is 6.61 Å². The van der Waals surface area contributed by atoms with Crippen LogP contribution in [0.25, 0.3) is 0 Å². The molecule has 0 aromatic heterocycles. The van der Waals surface area contributed by atoms with E-state index in [2.05, 4.69) is 64.7 Å². The number of carbonyl (C=O) groups is 1. The van der Waals surface area contributed by atoms with Crippen molar-refractivity contribution in [1.82, 2.24) is 4.90 Å². The van der Waals surface area contributed by atoms with E-state index in [4.69, 9.17) is 4.74 Å². The predicted octanol–water partition coefficient (Wildman–Crippen LogP) is 3.41. The molecule has 0 unspecified atom stereocenters. The molecule has 0 N–H and O–H groups in total. The summed E-state index contributed by atoms with van der Waals surface area (Å²) in [4.78, 5) is 14.1. The highest BCUT2D eigenvalue weighted by molar-refractivity contribution is 5.83. The summed E-state index contributed by atoms with van der Waals surface area (Å²) in [5.41, 5.74) is 5.33. The van der Waals surface area contributed by atoms with E-state index in [0.717, 1.165) is 25.2 Å². The van der Waals surface area contributed by atoms with Crippen molar-refractivity contribution < 1.29 is 33.5 Å². The average Bonchev–Trinajstić information content (AvgIpc) is 2.64. The van der Waals surface area contributed by atoms with Crippen molar-refractivity contribution in [2.45, 2.75) is 67.7 Å². The van der Waals surface area contributed by atoms with Gasteiger partial charge in [0.15, 0.2) is 0 Å². The first-order valence-corrected chi connectivity index (χ1v) is 11.0. The second kappa shape index (κ2) is 14.8. The first kappa shape index (κ1) is 28.9. The first-order chi connectivity index (χ1) is 13.7. The summed E-state index contributed by atoms with van der Waals surface area (Å²) in [6.45, 7) is 18.3. The third-order valence-electron chi connectivity index (χ3n) is 5.67. The van der Waals surface area contributed by atoms with Crippen molar-refractivity contribution in [3.63, 3.8) is 0 Å². The zero-order chi connectivity index (χ0) is 21.9. The molecule has 0 fully saturated rings. The van der Waals surface area contributed by atoms with E-state index in [1.54, 1.807) is 6.08 Å². The molecule has 0 spiro atoms. The van der Waals surface area contributed by atoms with Crippen LogP contribution >= 0.6 is 0 Å². The molecular formula is C26H41INO2-. The highest BCUT2D eigenvalue weighted by Crippen LogP contribution is 2.40. The highest BCUT2D eigenvalue weighted by Gasteiger charge is 2.26. The van der Waals surface area contributed by atoms with Gasteiger partial charge in [-0.15, -0.1) is 0 Å². The summed E-state index contributed by atoms with van der Waals surface area (Å²) < 4.78 is 5.29. The van der Waals surface area contributed by atoms with Crippen molar-refractivity contribution in [2.24, 2.45) is 5.41 Å². The lowest BCUT2D eigenvalue weighted by Crippen LogP contribution is -3.00. The maximum absolute atomic E-state index is 11.9. The van der Waals surface area contributed by atoms with Crippen molar-refractivity contribution in [3.05, 3.63) is 58.7 Å². The van der Waals surface area contributed by atoms with Gasteiger partial charge in [-0.1, -0.05) is 69.2 Å². The fourth-order valence-corrected chi connectivity index (χ4v) is 3.72. The van der Waals surface area contributed by atoms with Gasteiger partial charge in [0.2, 0.25) is 0 Å². The molecular weight excluding hydrogens is 485 g/mol. The third kappa shape index (κ3) is 10.8. The molecule has 1 aliphatic rings. The molecule has 1 aliphatic carbocycles. The molecule has 1 rings (SSSR count). The number of allylic oxidation sites excluding steroid dienone is 9. The molecule has 0 aromatic carbocycles. The van der Waals surface area contributed by atoms with Crippen LogP contribution in [0.5, 0.6) is 0 Å². The summed E-state index contributed by atoms with van der Waals surface area (Å²) >= 11 is 0. The van der Waals surface area contributed by atoms with E-state index in [-0.39, 0.29) is 35.4 Å². The second-order valence-corrected chi connectivity index (χ2v) is 8.62. The lowest BCUT2D eigenvalue weighted by molar-refractivity contribution is -0.138. The molecule has 4 heteroatoms. The molecule has 30 heavy (non-hydrogen) atoms. The maximum atomic E-state index is 11.9. The minimum atomic E-state index is -0.276. The number of hydrogen-bond acceptors (Lipinski definition) is 3. The van der Waals surface area contributed by atoms with Crippen molar-refractivity contribution in [1.29, 1.82) is 0 Å². The summed E-state index contributed by atoms with van der Waals surface area (Å²) in [5.74, 6) is -0.276. The fraction of sp³-hybridized carbons (Fsp3) is 0.577. The Hall–Kier alpha value is -1.14. The Balaban J connectivity index is 0.00000841. The number of nitrogens with zero attached hydrogens (tertiary/aromatic N) is 1. The van der Waals surface area contributed by atoms with Gasteiger partial charge in [0, 0.05) is 12.6 Å². The summed E-state index contributed by atoms with van der Waals surface area (Å²) in [6, 6.07) is 0. The molecule has 0 aliphatic heterocycles. The van der Waals surface area contributed by atoms with Crippen LogP contribution in [0.15, 0.2) is 58.7 Å². The zero-order valence-corrected chi connectivity index (χ0v) is 22.2. The van der Waals surface area contributed by atoms with Gasteiger partial charge in [-0.3, -0.25) is 0 Å². The number of halogens is 1. The van der Waals surface area contributed by atoms with Gasteiger partial charge >= 0.3 is 5.97 Å². The summed E-state index contributed by atoms with van der Waals surface area (Å²) in [7, 11) is 0. The largest absolute Gasteiger partial charge is 1.00 e. The summed E-state index contributed by atoms with van der Waals surface area (Å²) in [5, 5.41) is 0. The monoisotopic (exact) mass is 526 g/mol. The maximum Gasteiger partial charge on any atom is 0.331 e. The van der Waals surface area contributed by atoms with Crippen LogP contribution < -0.4 is 24.0 Å².